The fourth-order valence-electron chi connectivity index (χ4n) is 3.85. The van der Waals surface area contributed by atoms with Crippen LogP contribution in [0.2, 0.25) is 0 Å². The van der Waals surface area contributed by atoms with Crippen LogP contribution in [0.15, 0.2) is 0 Å². The first-order chi connectivity index (χ1) is 8.65. The number of rotatable bonds is 4. The molecule has 1 heterocycles. The molecule has 1 saturated heterocycles. The summed E-state index contributed by atoms with van der Waals surface area (Å²) in [5, 5.41) is 9.74. The first-order valence-corrected chi connectivity index (χ1v) is 7.65. The van der Waals surface area contributed by atoms with Gasteiger partial charge in [-0.05, 0) is 52.9 Å². The molecule has 18 heavy (non-hydrogen) atoms. The van der Waals surface area contributed by atoms with Gasteiger partial charge in [0.25, 0.3) is 0 Å². The Labute approximate surface area is 112 Å². The van der Waals surface area contributed by atoms with Crippen LogP contribution in [0.25, 0.3) is 0 Å². The average Bonchev–Trinajstić information content (AvgIpc) is 2.40. The third kappa shape index (κ3) is 3.46. The molecule has 3 nitrogen and oxygen atoms in total. The Kier molecular flexibility index (Phi) is 5.05. The zero-order valence-corrected chi connectivity index (χ0v) is 12.2. The summed E-state index contributed by atoms with van der Waals surface area (Å²) in [5.74, 6) is 0. The molecule has 1 N–H and O–H groups in total. The van der Waals surface area contributed by atoms with Crippen molar-refractivity contribution in [3.8, 4) is 0 Å². The maximum absolute atomic E-state index is 9.74. The van der Waals surface area contributed by atoms with Crippen LogP contribution in [0.1, 0.15) is 44.9 Å². The minimum Gasteiger partial charge on any atom is -0.396 e. The van der Waals surface area contributed by atoms with Gasteiger partial charge in [0, 0.05) is 18.0 Å². The van der Waals surface area contributed by atoms with Gasteiger partial charge < -0.3 is 14.9 Å². The maximum Gasteiger partial charge on any atom is 0.0500 e. The summed E-state index contributed by atoms with van der Waals surface area (Å²) in [4.78, 5) is 4.93. The summed E-state index contributed by atoms with van der Waals surface area (Å²) >= 11 is 0. The monoisotopic (exact) mass is 254 g/mol. The highest BCUT2D eigenvalue weighted by molar-refractivity contribution is 4.90. The minimum absolute atomic E-state index is 0.161. The van der Waals surface area contributed by atoms with E-state index in [0.29, 0.717) is 6.61 Å². The van der Waals surface area contributed by atoms with Crippen LogP contribution in [0.5, 0.6) is 0 Å². The number of likely N-dealkylation sites (tertiary alicyclic amines) is 1. The largest absolute Gasteiger partial charge is 0.396 e. The van der Waals surface area contributed by atoms with Gasteiger partial charge in [-0.25, -0.2) is 0 Å². The van der Waals surface area contributed by atoms with Crippen LogP contribution in [0.3, 0.4) is 0 Å². The van der Waals surface area contributed by atoms with E-state index in [0.717, 1.165) is 25.4 Å². The third-order valence-electron chi connectivity index (χ3n) is 4.94. The van der Waals surface area contributed by atoms with Gasteiger partial charge in [0.2, 0.25) is 0 Å². The predicted octanol–water partition coefficient (Wildman–Crippen LogP) is 1.96. The standard InChI is InChI=1S/C15H30N2O/c1-16(2)12-15(13-18)8-10-17(11-9-15)14-6-4-3-5-7-14/h14,18H,3-13H2,1-2H3. The zero-order chi connectivity index (χ0) is 13.0. The van der Waals surface area contributed by atoms with E-state index in [1.165, 1.54) is 45.2 Å². The highest BCUT2D eigenvalue weighted by atomic mass is 16.3. The van der Waals surface area contributed by atoms with Crippen molar-refractivity contribution < 1.29 is 5.11 Å². The summed E-state index contributed by atoms with van der Waals surface area (Å²) in [7, 11) is 4.23. The molecule has 2 fully saturated rings. The van der Waals surface area contributed by atoms with Crippen molar-refractivity contribution in [3.05, 3.63) is 0 Å². The lowest BCUT2D eigenvalue weighted by atomic mass is 9.77. The smallest absolute Gasteiger partial charge is 0.0500 e. The van der Waals surface area contributed by atoms with Gasteiger partial charge in [0.15, 0.2) is 0 Å². The first kappa shape index (κ1) is 14.3. The molecule has 1 aliphatic heterocycles. The van der Waals surface area contributed by atoms with Crippen LogP contribution in [-0.2, 0) is 0 Å². The van der Waals surface area contributed by atoms with Crippen molar-refractivity contribution in [1.29, 1.82) is 0 Å². The van der Waals surface area contributed by atoms with Gasteiger partial charge >= 0.3 is 0 Å². The fourth-order valence-corrected chi connectivity index (χ4v) is 3.85. The van der Waals surface area contributed by atoms with Gasteiger partial charge in [-0.2, -0.15) is 0 Å². The first-order valence-electron chi connectivity index (χ1n) is 7.65. The quantitative estimate of drug-likeness (QED) is 0.831. The Balaban J connectivity index is 1.85. The van der Waals surface area contributed by atoms with Crippen LogP contribution in [0.4, 0.5) is 0 Å². The molecule has 3 heteroatoms. The second kappa shape index (κ2) is 6.36. The molecule has 0 aromatic heterocycles. The molecular formula is C15H30N2O. The SMILES string of the molecule is CN(C)CC1(CO)CCN(C2CCCCC2)CC1. The lowest BCUT2D eigenvalue weighted by Crippen LogP contribution is -2.50. The molecular weight excluding hydrogens is 224 g/mol. The Morgan fingerprint density at radius 2 is 1.72 bits per heavy atom. The summed E-state index contributed by atoms with van der Waals surface area (Å²) in [6, 6.07) is 0.842. The van der Waals surface area contributed by atoms with Gasteiger partial charge in [-0.1, -0.05) is 19.3 Å². The van der Waals surface area contributed by atoms with E-state index in [4.69, 9.17) is 0 Å². The molecule has 0 aromatic rings. The Bertz CT molecular complexity index is 241. The van der Waals surface area contributed by atoms with Crippen molar-refractivity contribution in [1.82, 2.24) is 9.80 Å². The van der Waals surface area contributed by atoms with E-state index < -0.39 is 0 Å². The number of hydrogen-bond donors (Lipinski definition) is 1. The van der Waals surface area contributed by atoms with Crippen molar-refractivity contribution in [2.24, 2.45) is 5.41 Å². The minimum atomic E-state index is 0.161. The van der Waals surface area contributed by atoms with Gasteiger partial charge in [0.05, 0.1) is 6.61 Å². The van der Waals surface area contributed by atoms with E-state index in [-0.39, 0.29) is 5.41 Å². The molecule has 0 aromatic carbocycles. The Morgan fingerprint density at radius 3 is 2.22 bits per heavy atom. The lowest BCUT2D eigenvalue weighted by molar-refractivity contribution is 0.00480. The highest BCUT2D eigenvalue weighted by Gasteiger charge is 2.36. The molecule has 0 unspecified atom stereocenters. The van der Waals surface area contributed by atoms with Crippen LogP contribution in [0, 0.1) is 5.41 Å². The summed E-state index contributed by atoms with van der Waals surface area (Å²) in [5.41, 5.74) is 0.161. The third-order valence-corrected chi connectivity index (χ3v) is 4.94. The normalized spacial score (nSPS) is 26.7. The van der Waals surface area contributed by atoms with Crippen molar-refractivity contribution in [2.75, 3.05) is 40.3 Å². The molecule has 0 bridgehead atoms. The van der Waals surface area contributed by atoms with Crippen LogP contribution < -0.4 is 0 Å². The molecule has 0 atom stereocenters. The van der Waals surface area contributed by atoms with Crippen LogP contribution >= 0.6 is 0 Å². The van der Waals surface area contributed by atoms with Gasteiger partial charge in [-0.3, -0.25) is 0 Å². The number of aliphatic hydroxyl groups is 1. The second-order valence-electron chi connectivity index (χ2n) is 6.72. The van der Waals surface area contributed by atoms with Crippen molar-refractivity contribution >= 4 is 0 Å². The number of hydrogen-bond acceptors (Lipinski definition) is 3. The molecule has 2 aliphatic rings. The van der Waals surface area contributed by atoms with Crippen molar-refractivity contribution in [3.63, 3.8) is 0 Å². The topological polar surface area (TPSA) is 26.7 Å². The Morgan fingerprint density at radius 1 is 1.11 bits per heavy atom. The number of aliphatic hydroxyl groups excluding tert-OH is 1. The number of nitrogens with zero attached hydrogens (tertiary/aromatic N) is 2. The van der Waals surface area contributed by atoms with E-state index in [9.17, 15) is 5.11 Å². The summed E-state index contributed by atoms with van der Waals surface area (Å²) < 4.78 is 0. The zero-order valence-electron chi connectivity index (χ0n) is 12.2. The fraction of sp³-hybridized carbons (Fsp3) is 1.00. The number of piperidine rings is 1. The van der Waals surface area contributed by atoms with E-state index in [1.807, 2.05) is 0 Å². The second-order valence-corrected chi connectivity index (χ2v) is 6.72. The summed E-state index contributed by atoms with van der Waals surface area (Å²) in [6.07, 6.45) is 9.41. The molecule has 0 spiro atoms. The molecule has 0 amide bonds. The molecule has 0 radical (unpaired) electrons. The van der Waals surface area contributed by atoms with E-state index in [1.54, 1.807) is 0 Å². The Hall–Kier alpha value is -0.120. The van der Waals surface area contributed by atoms with Gasteiger partial charge in [0.1, 0.15) is 0 Å². The lowest BCUT2D eigenvalue weighted by Gasteiger charge is -2.45. The average molecular weight is 254 g/mol. The predicted molar refractivity (Wildman–Crippen MR) is 75.8 cm³/mol. The summed E-state index contributed by atoms with van der Waals surface area (Å²) in [6.45, 7) is 3.77. The van der Waals surface area contributed by atoms with Crippen molar-refractivity contribution in [2.45, 2.75) is 51.0 Å². The molecule has 1 aliphatic carbocycles. The molecule has 2 rings (SSSR count). The van der Waals surface area contributed by atoms with E-state index >= 15 is 0 Å². The maximum atomic E-state index is 9.74. The highest BCUT2D eigenvalue weighted by Crippen LogP contribution is 2.34. The van der Waals surface area contributed by atoms with E-state index in [2.05, 4.69) is 23.9 Å². The van der Waals surface area contributed by atoms with Crippen LogP contribution in [-0.4, -0.2) is 61.3 Å². The van der Waals surface area contributed by atoms with Gasteiger partial charge in [-0.15, -0.1) is 0 Å². The molecule has 1 saturated carbocycles. The molecule has 106 valence electrons.